The fourth-order valence-corrected chi connectivity index (χ4v) is 3.88. The summed E-state index contributed by atoms with van der Waals surface area (Å²) in [7, 11) is 0. The third kappa shape index (κ3) is 4.57. The van der Waals surface area contributed by atoms with E-state index >= 15 is 0 Å². The van der Waals surface area contributed by atoms with Crippen LogP contribution in [0.3, 0.4) is 0 Å². The van der Waals surface area contributed by atoms with Gasteiger partial charge in [-0.1, -0.05) is 30.3 Å². The first-order valence-corrected chi connectivity index (χ1v) is 9.97. The lowest BCUT2D eigenvalue weighted by Gasteiger charge is -2.29. The Labute approximate surface area is 173 Å². The fourth-order valence-electron chi connectivity index (χ4n) is 3.88. The van der Waals surface area contributed by atoms with Crippen molar-refractivity contribution in [3.8, 4) is 11.6 Å². The largest absolute Gasteiger partial charge is 0.438 e. The van der Waals surface area contributed by atoms with Gasteiger partial charge in [0.15, 0.2) is 0 Å². The number of benzene rings is 2. The first kappa shape index (κ1) is 20.2. The molecule has 5 nitrogen and oxygen atoms in total. The molecule has 1 saturated carbocycles. The van der Waals surface area contributed by atoms with E-state index in [0.29, 0.717) is 30.2 Å². The molecule has 7 heteroatoms. The quantitative estimate of drug-likeness (QED) is 0.611. The van der Waals surface area contributed by atoms with E-state index in [2.05, 4.69) is 10.3 Å². The molecule has 0 spiro atoms. The van der Waals surface area contributed by atoms with Crippen molar-refractivity contribution in [2.45, 2.75) is 44.2 Å². The van der Waals surface area contributed by atoms with Crippen molar-refractivity contribution >= 4 is 16.7 Å². The number of primary amides is 1. The zero-order valence-electron chi connectivity index (χ0n) is 16.4. The van der Waals surface area contributed by atoms with Crippen LogP contribution in [0.5, 0.6) is 11.6 Å². The maximum Gasteiger partial charge on any atom is 0.250 e. The summed E-state index contributed by atoms with van der Waals surface area (Å²) in [6, 6.07) is 14.5. The number of hydrogen-bond donors (Lipinski definition) is 2. The SMILES string of the molecule is NC(=O)c1ccc(Oc2ccc(CNC3CCCC(F)(F)C3)c3ccccc23)nc1. The standard InChI is InChI=1S/C23H23F2N3O2/c24-23(25)11-3-4-17(12-23)27-13-15-7-9-20(19-6-2-1-5-18(15)19)30-21-10-8-16(14-28-21)22(26)29/h1-2,5-10,14,17,27H,3-4,11-13H2,(H2,26,29). The topological polar surface area (TPSA) is 77.2 Å². The van der Waals surface area contributed by atoms with Crippen molar-refractivity contribution in [3.05, 3.63) is 65.9 Å². The first-order valence-electron chi connectivity index (χ1n) is 9.97. The van der Waals surface area contributed by atoms with Crippen LogP contribution in [0.15, 0.2) is 54.7 Å². The molecule has 1 atom stereocenters. The molecule has 0 aliphatic heterocycles. The van der Waals surface area contributed by atoms with Gasteiger partial charge in [0.1, 0.15) is 5.75 Å². The second kappa shape index (κ2) is 8.36. The van der Waals surface area contributed by atoms with Gasteiger partial charge in [-0.3, -0.25) is 4.79 Å². The Morgan fingerprint density at radius 3 is 2.67 bits per heavy atom. The Kier molecular flexibility index (Phi) is 5.63. The molecule has 3 N–H and O–H groups in total. The molecular weight excluding hydrogens is 388 g/mol. The smallest absolute Gasteiger partial charge is 0.250 e. The molecule has 1 unspecified atom stereocenters. The number of hydrogen-bond acceptors (Lipinski definition) is 4. The highest BCUT2D eigenvalue weighted by Crippen LogP contribution is 2.34. The van der Waals surface area contributed by atoms with Crippen LogP contribution in [0.1, 0.15) is 41.6 Å². The molecule has 1 aliphatic rings. The molecule has 2 aromatic carbocycles. The Morgan fingerprint density at radius 2 is 1.97 bits per heavy atom. The highest BCUT2D eigenvalue weighted by molar-refractivity contribution is 5.92. The fraction of sp³-hybridized carbons (Fsp3) is 0.304. The van der Waals surface area contributed by atoms with E-state index in [0.717, 1.165) is 22.8 Å². The number of halogens is 2. The zero-order chi connectivity index (χ0) is 21.1. The van der Waals surface area contributed by atoms with Crippen LogP contribution >= 0.6 is 0 Å². The van der Waals surface area contributed by atoms with Gasteiger partial charge in [0.05, 0.1) is 5.56 Å². The minimum Gasteiger partial charge on any atom is -0.438 e. The molecule has 156 valence electrons. The highest BCUT2D eigenvalue weighted by Gasteiger charge is 2.35. The number of carbonyl (C=O) groups is 1. The van der Waals surface area contributed by atoms with Crippen molar-refractivity contribution in [1.29, 1.82) is 0 Å². The van der Waals surface area contributed by atoms with Crippen molar-refractivity contribution in [2.75, 3.05) is 0 Å². The Morgan fingerprint density at radius 1 is 1.17 bits per heavy atom. The van der Waals surface area contributed by atoms with Crippen LogP contribution in [-0.4, -0.2) is 22.9 Å². The van der Waals surface area contributed by atoms with Crippen molar-refractivity contribution in [2.24, 2.45) is 5.73 Å². The van der Waals surface area contributed by atoms with Crippen molar-refractivity contribution < 1.29 is 18.3 Å². The lowest BCUT2D eigenvalue weighted by Crippen LogP contribution is -2.38. The number of pyridine rings is 1. The Bertz CT molecular complexity index is 1050. The highest BCUT2D eigenvalue weighted by atomic mass is 19.3. The molecule has 1 aromatic heterocycles. The van der Waals surface area contributed by atoms with E-state index in [1.165, 1.54) is 6.20 Å². The predicted molar refractivity (Wildman–Crippen MR) is 111 cm³/mol. The van der Waals surface area contributed by atoms with Gasteiger partial charge in [-0.25, -0.2) is 13.8 Å². The zero-order valence-corrected chi connectivity index (χ0v) is 16.4. The number of aromatic nitrogens is 1. The van der Waals surface area contributed by atoms with Gasteiger partial charge in [0.2, 0.25) is 17.7 Å². The van der Waals surface area contributed by atoms with Gasteiger partial charge >= 0.3 is 0 Å². The van der Waals surface area contributed by atoms with Gasteiger partial charge in [-0.05, 0) is 35.9 Å². The van der Waals surface area contributed by atoms with Crippen LogP contribution < -0.4 is 15.8 Å². The van der Waals surface area contributed by atoms with Crippen LogP contribution in [-0.2, 0) is 6.54 Å². The summed E-state index contributed by atoms with van der Waals surface area (Å²) in [5.41, 5.74) is 6.56. The lowest BCUT2D eigenvalue weighted by atomic mass is 9.92. The van der Waals surface area contributed by atoms with E-state index in [9.17, 15) is 13.6 Å². The molecule has 1 amide bonds. The van der Waals surface area contributed by atoms with Gasteiger partial charge in [-0.15, -0.1) is 0 Å². The van der Waals surface area contributed by atoms with Gasteiger partial charge in [0, 0.05) is 43.1 Å². The van der Waals surface area contributed by atoms with E-state index in [1.54, 1.807) is 12.1 Å². The first-order chi connectivity index (χ1) is 14.4. The van der Waals surface area contributed by atoms with Crippen LogP contribution in [0.25, 0.3) is 10.8 Å². The number of nitrogens with zero attached hydrogens (tertiary/aromatic N) is 1. The molecule has 0 saturated heterocycles. The van der Waals surface area contributed by atoms with Gasteiger partial charge < -0.3 is 15.8 Å². The summed E-state index contributed by atoms with van der Waals surface area (Å²) < 4.78 is 33.3. The minimum atomic E-state index is -2.58. The molecular formula is C23H23F2N3O2. The van der Waals surface area contributed by atoms with E-state index in [1.807, 2.05) is 36.4 Å². The van der Waals surface area contributed by atoms with E-state index in [4.69, 9.17) is 10.5 Å². The second-order valence-corrected chi connectivity index (χ2v) is 7.65. The van der Waals surface area contributed by atoms with Crippen LogP contribution in [0.4, 0.5) is 8.78 Å². The number of nitrogens with one attached hydrogen (secondary N) is 1. The number of nitrogens with two attached hydrogens (primary N) is 1. The minimum absolute atomic E-state index is 0.0192. The second-order valence-electron chi connectivity index (χ2n) is 7.65. The van der Waals surface area contributed by atoms with Gasteiger partial charge in [-0.2, -0.15) is 0 Å². The predicted octanol–water partition coefficient (Wildman–Crippen LogP) is 4.79. The van der Waals surface area contributed by atoms with Crippen LogP contribution in [0, 0.1) is 0 Å². The summed E-state index contributed by atoms with van der Waals surface area (Å²) in [6.45, 7) is 0.507. The van der Waals surface area contributed by atoms with Crippen molar-refractivity contribution in [3.63, 3.8) is 0 Å². The lowest BCUT2D eigenvalue weighted by molar-refractivity contribution is -0.0442. The number of rotatable bonds is 6. The summed E-state index contributed by atoms with van der Waals surface area (Å²) in [6.07, 6.45) is 2.55. The van der Waals surface area contributed by atoms with Gasteiger partial charge in [0.25, 0.3) is 0 Å². The maximum absolute atomic E-state index is 13.7. The molecule has 3 aromatic rings. The van der Waals surface area contributed by atoms with E-state index < -0.39 is 11.8 Å². The summed E-state index contributed by atoms with van der Waals surface area (Å²) >= 11 is 0. The Balaban J connectivity index is 1.53. The number of fused-ring (bicyclic) bond motifs is 1. The molecule has 0 radical (unpaired) electrons. The van der Waals surface area contributed by atoms with E-state index in [-0.39, 0.29) is 18.9 Å². The molecule has 1 fully saturated rings. The summed E-state index contributed by atoms with van der Waals surface area (Å²) in [5.74, 6) is -2.15. The molecule has 0 bridgehead atoms. The number of ether oxygens (including phenoxy) is 1. The average molecular weight is 411 g/mol. The Hall–Kier alpha value is -3.06. The molecule has 4 rings (SSSR count). The average Bonchev–Trinajstić information content (AvgIpc) is 2.73. The molecule has 1 heterocycles. The molecule has 1 aliphatic carbocycles. The third-order valence-corrected chi connectivity index (χ3v) is 5.43. The third-order valence-electron chi connectivity index (χ3n) is 5.43. The number of carbonyl (C=O) groups excluding carboxylic acids is 1. The van der Waals surface area contributed by atoms with Crippen molar-refractivity contribution in [1.82, 2.24) is 10.3 Å². The summed E-state index contributed by atoms with van der Waals surface area (Å²) in [4.78, 5) is 15.3. The monoisotopic (exact) mass is 411 g/mol. The normalized spacial score (nSPS) is 18.3. The number of amides is 1. The summed E-state index contributed by atoms with van der Waals surface area (Å²) in [5, 5.41) is 5.17. The maximum atomic E-state index is 13.7. The van der Waals surface area contributed by atoms with Crippen LogP contribution in [0.2, 0.25) is 0 Å². The number of alkyl halides is 2. The molecule has 30 heavy (non-hydrogen) atoms.